The van der Waals surface area contributed by atoms with Crippen LogP contribution < -0.4 is 0 Å². The van der Waals surface area contributed by atoms with Gasteiger partial charge in [-0.25, -0.2) is 0 Å². The summed E-state index contributed by atoms with van der Waals surface area (Å²) >= 11 is 0. The second-order valence-corrected chi connectivity index (χ2v) is 8.30. The minimum Gasteiger partial charge on any atom is -0.465 e. The molecule has 0 aliphatic carbocycles. The van der Waals surface area contributed by atoms with E-state index >= 15 is 0 Å². The van der Waals surface area contributed by atoms with Gasteiger partial charge in [0.15, 0.2) is 0 Å². The van der Waals surface area contributed by atoms with Crippen LogP contribution >= 0.6 is 0 Å². The lowest BCUT2D eigenvalue weighted by atomic mass is 9.90. The molecular formula is C23H42O3. The van der Waals surface area contributed by atoms with Crippen LogP contribution in [-0.4, -0.2) is 25.8 Å². The highest BCUT2D eigenvalue weighted by Gasteiger charge is 2.34. The molecule has 0 spiro atoms. The van der Waals surface area contributed by atoms with Gasteiger partial charge in [0.05, 0.1) is 13.2 Å². The van der Waals surface area contributed by atoms with Crippen LogP contribution in [0.4, 0.5) is 0 Å². The fourth-order valence-corrected chi connectivity index (χ4v) is 3.20. The van der Waals surface area contributed by atoms with Crippen LogP contribution in [0.25, 0.3) is 0 Å². The summed E-state index contributed by atoms with van der Waals surface area (Å²) in [6, 6.07) is 0. The Hall–Kier alpha value is -0.830. The minimum atomic E-state index is -0.0456. The van der Waals surface area contributed by atoms with Gasteiger partial charge in [-0.3, -0.25) is 4.79 Å². The van der Waals surface area contributed by atoms with Gasteiger partial charge in [-0.05, 0) is 32.1 Å². The molecule has 0 N–H and O–H groups in total. The molecule has 1 aliphatic heterocycles. The number of carbonyl (C=O) groups is 1. The standard InChI is InChI=1S/C23H42O3/c1-3-4-5-6-7-8-9-10-11-12-13-14-15-16-17-18-22(24)26-21-23(2)19-25-20-23/h10-11H,3-9,12-21H2,1-2H3/b11-10-. The van der Waals surface area contributed by atoms with Crippen molar-refractivity contribution in [3.05, 3.63) is 12.2 Å². The number of allylic oxidation sites excluding steroid dienone is 2. The molecule has 0 aromatic carbocycles. The molecule has 0 atom stereocenters. The molecule has 1 fully saturated rings. The first-order valence-electron chi connectivity index (χ1n) is 11.0. The summed E-state index contributed by atoms with van der Waals surface area (Å²) in [5, 5.41) is 0. The summed E-state index contributed by atoms with van der Waals surface area (Å²) in [4.78, 5) is 11.7. The lowest BCUT2D eigenvalue weighted by Crippen LogP contribution is -2.44. The topological polar surface area (TPSA) is 35.5 Å². The van der Waals surface area contributed by atoms with Gasteiger partial charge in [0.1, 0.15) is 6.61 Å². The van der Waals surface area contributed by atoms with Gasteiger partial charge < -0.3 is 9.47 Å². The lowest BCUT2D eigenvalue weighted by molar-refractivity contribution is -0.165. The molecule has 1 rings (SSSR count). The van der Waals surface area contributed by atoms with Crippen LogP contribution in [0.5, 0.6) is 0 Å². The van der Waals surface area contributed by atoms with Crippen LogP contribution in [0.1, 0.15) is 104 Å². The molecule has 0 aromatic heterocycles. The first-order valence-corrected chi connectivity index (χ1v) is 11.0. The van der Waals surface area contributed by atoms with E-state index in [0.29, 0.717) is 26.2 Å². The maximum absolute atomic E-state index is 11.7. The molecule has 0 saturated carbocycles. The molecule has 0 aromatic rings. The van der Waals surface area contributed by atoms with Crippen LogP contribution in [0.3, 0.4) is 0 Å². The smallest absolute Gasteiger partial charge is 0.305 e. The van der Waals surface area contributed by atoms with E-state index in [9.17, 15) is 4.79 Å². The highest BCUT2D eigenvalue weighted by Crippen LogP contribution is 2.26. The zero-order chi connectivity index (χ0) is 18.9. The Kier molecular flexibility index (Phi) is 13.6. The summed E-state index contributed by atoms with van der Waals surface area (Å²) in [6.07, 6.45) is 21.9. The first-order chi connectivity index (χ1) is 12.7. The Morgan fingerprint density at radius 2 is 1.42 bits per heavy atom. The monoisotopic (exact) mass is 366 g/mol. The van der Waals surface area contributed by atoms with E-state index < -0.39 is 0 Å². The van der Waals surface area contributed by atoms with Crippen molar-refractivity contribution in [3.8, 4) is 0 Å². The van der Waals surface area contributed by atoms with Crippen molar-refractivity contribution in [2.45, 2.75) is 104 Å². The van der Waals surface area contributed by atoms with Crippen LogP contribution in [0, 0.1) is 5.41 Å². The van der Waals surface area contributed by atoms with Gasteiger partial charge in [-0.15, -0.1) is 0 Å². The molecule has 152 valence electrons. The number of hydrogen-bond acceptors (Lipinski definition) is 3. The van der Waals surface area contributed by atoms with E-state index in [1.54, 1.807) is 0 Å². The number of hydrogen-bond donors (Lipinski definition) is 0. The second-order valence-electron chi connectivity index (χ2n) is 8.30. The molecule has 0 bridgehead atoms. The predicted molar refractivity (Wildman–Crippen MR) is 109 cm³/mol. The van der Waals surface area contributed by atoms with Crippen molar-refractivity contribution in [1.29, 1.82) is 0 Å². The quantitative estimate of drug-likeness (QED) is 0.165. The Morgan fingerprint density at radius 3 is 1.96 bits per heavy atom. The molecule has 26 heavy (non-hydrogen) atoms. The van der Waals surface area contributed by atoms with Gasteiger partial charge in [0, 0.05) is 11.8 Å². The summed E-state index contributed by atoms with van der Waals surface area (Å²) in [5.74, 6) is -0.0456. The SMILES string of the molecule is CCCCCCCC/C=C\CCCCCCCC(=O)OCC1(C)COC1. The van der Waals surface area contributed by atoms with E-state index in [1.807, 2.05) is 0 Å². The molecular weight excluding hydrogens is 324 g/mol. The Morgan fingerprint density at radius 1 is 0.885 bits per heavy atom. The molecule has 0 amide bonds. The van der Waals surface area contributed by atoms with E-state index in [2.05, 4.69) is 26.0 Å². The zero-order valence-corrected chi connectivity index (χ0v) is 17.4. The Labute approximate surface area is 161 Å². The maximum Gasteiger partial charge on any atom is 0.305 e. The molecule has 1 saturated heterocycles. The van der Waals surface area contributed by atoms with E-state index in [-0.39, 0.29) is 11.4 Å². The highest BCUT2D eigenvalue weighted by molar-refractivity contribution is 5.69. The maximum atomic E-state index is 11.7. The van der Waals surface area contributed by atoms with Crippen molar-refractivity contribution in [2.75, 3.05) is 19.8 Å². The third-order valence-electron chi connectivity index (χ3n) is 5.13. The number of carbonyl (C=O) groups excluding carboxylic acids is 1. The normalized spacial score (nSPS) is 15.9. The summed E-state index contributed by atoms with van der Waals surface area (Å²) < 4.78 is 10.5. The van der Waals surface area contributed by atoms with E-state index in [0.717, 1.165) is 12.8 Å². The van der Waals surface area contributed by atoms with Crippen molar-refractivity contribution in [3.63, 3.8) is 0 Å². The predicted octanol–water partition coefficient (Wildman–Crippen LogP) is 6.60. The number of ether oxygens (including phenoxy) is 2. The summed E-state index contributed by atoms with van der Waals surface area (Å²) in [6.45, 7) is 6.31. The number of esters is 1. The average molecular weight is 367 g/mol. The largest absolute Gasteiger partial charge is 0.465 e. The van der Waals surface area contributed by atoms with Gasteiger partial charge in [0.25, 0.3) is 0 Å². The third-order valence-corrected chi connectivity index (χ3v) is 5.13. The fraction of sp³-hybridized carbons (Fsp3) is 0.870. The summed E-state index contributed by atoms with van der Waals surface area (Å²) in [5.41, 5.74) is 0.0677. The van der Waals surface area contributed by atoms with Crippen molar-refractivity contribution >= 4 is 5.97 Å². The minimum absolute atomic E-state index is 0.0456. The Bertz CT molecular complexity index is 372. The van der Waals surface area contributed by atoms with Gasteiger partial charge in [0.2, 0.25) is 0 Å². The zero-order valence-electron chi connectivity index (χ0n) is 17.4. The lowest BCUT2D eigenvalue weighted by Gasteiger charge is -2.37. The van der Waals surface area contributed by atoms with Crippen molar-refractivity contribution < 1.29 is 14.3 Å². The third kappa shape index (κ3) is 12.5. The number of rotatable bonds is 17. The van der Waals surface area contributed by atoms with Gasteiger partial charge in [-0.1, -0.05) is 77.4 Å². The van der Waals surface area contributed by atoms with E-state index in [1.165, 1.54) is 70.6 Å². The summed E-state index contributed by atoms with van der Waals surface area (Å²) in [7, 11) is 0. The fourth-order valence-electron chi connectivity index (χ4n) is 3.20. The molecule has 3 nitrogen and oxygen atoms in total. The van der Waals surface area contributed by atoms with Crippen LogP contribution in [-0.2, 0) is 14.3 Å². The first kappa shape index (κ1) is 23.2. The van der Waals surface area contributed by atoms with Gasteiger partial charge in [-0.2, -0.15) is 0 Å². The molecule has 0 unspecified atom stereocenters. The van der Waals surface area contributed by atoms with Crippen LogP contribution in [0.15, 0.2) is 12.2 Å². The van der Waals surface area contributed by atoms with Crippen molar-refractivity contribution in [1.82, 2.24) is 0 Å². The second kappa shape index (κ2) is 15.2. The van der Waals surface area contributed by atoms with Crippen LogP contribution in [0.2, 0.25) is 0 Å². The van der Waals surface area contributed by atoms with E-state index in [4.69, 9.17) is 9.47 Å². The molecule has 1 heterocycles. The van der Waals surface area contributed by atoms with Gasteiger partial charge >= 0.3 is 5.97 Å². The molecule has 0 radical (unpaired) electrons. The molecule has 3 heteroatoms. The number of unbranched alkanes of at least 4 members (excludes halogenated alkanes) is 11. The Balaban J connectivity index is 1.77. The highest BCUT2D eigenvalue weighted by atomic mass is 16.5. The van der Waals surface area contributed by atoms with Crippen molar-refractivity contribution in [2.24, 2.45) is 5.41 Å². The molecule has 1 aliphatic rings. The average Bonchev–Trinajstić information content (AvgIpc) is 2.61.